The highest BCUT2D eigenvalue weighted by atomic mass is 79.9. The van der Waals surface area contributed by atoms with Crippen molar-refractivity contribution < 1.29 is 14.3 Å². The van der Waals surface area contributed by atoms with Gasteiger partial charge in [-0.3, -0.25) is 9.59 Å². The van der Waals surface area contributed by atoms with Gasteiger partial charge in [0.05, 0.1) is 4.47 Å². The number of carbonyl (C=O) groups excluding carboxylic acids is 2. The number of hydrogen-bond donors (Lipinski definition) is 1. The standard InChI is InChI=1S/C24H30BrClN2O3/c1-5-21(24(30)27-6-2)28(14-18-9-7-8-10-20(18)26)23(29)15-31-22-12-11-17(16(3)4)13-19(22)25/h7-13,16,21H,5-6,14-15H2,1-4H3,(H,27,30). The molecule has 2 aromatic carbocycles. The van der Waals surface area contributed by atoms with Gasteiger partial charge in [0.2, 0.25) is 5.91 Å². The SMILES string of the molecule is CCNC(=O)C(CC)N(Cc1ccccc1Cl)C(=O)COc1ccc(C(C)C)cc1Br. The Hall–Kier alpha value is -2.05. The van der Waals surface area contributed by atoms with E-state index in [9.17, 15) is 9.59 Å². The summed E-state index contributed by atoms with van der Waals surface area (Å²) in [5.74, 6) is 0.507. The highest BCUT2D eigenvalue weighted by Crippen LogP contribution is 2.29. The predicted molar refractivity (Wildman–Crippen MR) is 128 cm³/mol. The van der Waals surface area contributed by atoms with E-state index in [1.165, 1.54) is 5.56 Å². The third-order valence-electron chi connectivity index (χ3n) is 5.01. The average Bonchev–Trinajstić information content (AvgIpc) is 2.73. The molecule has 1 atom stereocenters. The Morgan fingerprint density at radius 1 is 1.16 bits per heavy atom. The van der Waals surface area contributed by atoms with Gasteiger partial charge in [-0.15, -0.1) is 0 Å². The van der Waals surface area contributed by atoms with E-state index >= 15 is 0 Å². The van der Waals surface area contributed by atoms with Crippen molar-refractivity contribution in [2.45, 2.75) is 52.6 Å². The first-order chi connectivity index (χ1) is 14.8. The molecule has 7 heteroatoms. The van der Waals surface area contributed by atoms with Crippen LogP contribution < -0.4 is 10.1 Å². The van der Waals surface area contributed by atoms with Crippen molar-refractivity contribution in [3.05, 3.63) is 63.1 Å². The van der Waals surface area contributed by atoms with Gasteiger partial charge in [-0.05, 0) is 64.5 Å². The first-order valence-corrected chi connectivity index (χ1v) is 11.7. The molecule has 0 aliphatic heterocycles. The van der Waals surface area contributed by atoms with Crippen LogP contribution in [0.4, 0.5) is 0 Å². The summed E-state index contributed by atoms with van der Waals surface area (Å²) in [4.78, 5) is 27.4. The second-order valence-electron chi connectivity index (χ2n) is 7.56. The molecule has 0 saturated heterocycles. The molecular formula is C24H30BrClN2O3. The number of rotatable bonds is 10. The van der Waals surface area contributed by atoms with Crippen LogP contribution in [0.1, 0.15) is 51.2 Å². The Morgan fingerprint density at radius 3 is 2.45 bits per heavy atom. The van der Waals surface area contributed by atoms with Crippen LogP contribution in [0.5, 0.6) is 5.75 Å². The molecule has 0 aliphatic rings. The Morgan fingerprint density at radius 2 is 1.87 bits per heavy atom. The molecule has 0 bridgehead atoms. The number of halogens is 2. The van der Waals surface area contributed by atoms with Gasteiger partial charge in [0.15, 0.2) is 6.61 Å². The van der Waals surface area contributed by atoms with Crippen LogP contribution >= 0.6 is 27.5 Å². The van der Waals surface area contributed by atoms with Gasteiger partial charge in [0.25, 0.3) is 5.91 Å². The summed E-state index contributed by atoms with van der Waals surface area (Å²) in [6.45, 7) is 8.51. The van der Waals surface area contributed by atoms with Crippen molar-refractivity contribution >= 4 is 39.3 Å². The lowest BCUT2D eigenvalue weighted by Gasteiger charge is -2.30. The smallest absolute Gasteiger partial charge is 0.261 e. The molecule has 168 valence electrons. The zero-order valence-corrected chi connectivity index (χ0v) is 20.8. The highest BCUT2D eigenvalue weighted by molar-refractivity contribution is 9.10. The lowest BCUT2D eigenvalue weighted by molar-refractivity contribution is -0.142. The minimum Gasteiger partial charge on any atom is -0.483 e. The van der Waals surface area contributed by atoms with Crippen LogP contribution in [-0.4, -0.2) is 35.9 Å². The van der Waals surface area contributed by atoms with Gasteiger partial charge in [-0.25, -0.2) is 0 Å². The van der Waals surface area contributed by atoms with Crippen LogP contribution in [0.3, 0.4) is 0 Å². The maximum absolute atomic E-state index is 13.2. The molecule has 1 unspecified atom stereocenters. The van der Waals surface area contributed by atoms with Crippen LogP contribution in [0, 0.1) is 0 Å². The predicted octanol–water partition coefficient (Wildman–Crippen LogP) is 5.55. The number of nitrogens with zero attached hydrogens (tertiary/aromatic N) is 1. The quantitative estimate of drug-likeness (QED) is 0.457. The van der Waals surface area contributed by atoms with Gasteiger partial charge in [0.1, 0.15) is 11.8 Å². The summed E-state index contributed by atoms with van der Waals surface area (Å²) in [5.41, 5.74) is 1.95. The second-order valence-corrected chi connectivity index (χ2v) is 8.83. The molecule has 5 nitrogen and oxygen atoms in total. The Labute approximate surface area is 198 Å². The maximum Gasteiger partial charge on any atom is 0.261 e. The number of ether oxygens (including phenoxy) is 1. The van der Waals surface area contributed by atoms with Gasteiger partial charge in [-0.1, -0.05) is 56.6 Å². The summed E-state index contributed by atoms with van der Waals surface area (Å²) in [5, 5.41) is 3.37. The van der Waals surface area contributed by atoms with Crippen molar-refractivity contribution in [3.8, 4) is 5.75 Å². The number of amides is 2. The van der Waals surface area contributed by atoms with Crippen molar-refractivity contribution in [1.82, 2.24) is 10.2 Å². The lowest BCUT2D eigenvalue weighted by Crippen LogP contribution is -2.50. The zero-order valence-electron chi connectivity index (χ0n) is 18.5. The van der Waals surface area contributed by atoms with Gasteiger partial charge < -0.3 is 15.0 Å². The highest BCUT2D eigenvalue weighted by Gasteiger charge is 2.29. The molecule has 0 aliphatic carbocycles. The van der Waals surface area contributed by atoms with Crippen molar-refractivity contribution in [2.24, 2.45) is 0 Å². The van der Waals surface area contributed by atoms with Gasteiger partial charge >= 0.3 is 0 Å². The number of benzene rings is 2. The zero-order chi connectivity index (χ0) is 23.0. The normalized spacial score (nSPS) is 11.8. The average molecular weight is 510 g/mol. The fourth-order valence-electron chi connectivity index (χ4n) is 3.24. The molecule has 0 radical (unpaired) electrons. The summed E-state index contributed by atoms with van der Waals surface area (Å²) in [6.07, 6.45) is 0.481. The van der Waals surface area contributed by atoms with Gasteiger partial charge in [-0.2, -0.15) is 0 Å². The van der Waals surface area contributed by atoms with Crippen molar-refractivity contribution in [2.75, 3.05) is 13.2 Å². The Balaban J connectivity index is 2.23. The van der Waals surface area contributed by atoms with Crippen molar-refractivity contribution in [3.63, 3.8) is 0 Å². The Bertz CT molecular complexity index is 904. The molecule has 2 amide bonds. The van der Waals surface area contributed by atoms with Crippen LogP contribution in [0.25, 0.3) is 0 Å². The van der Waals surface area contributed by atoms with Crippen molar-refractivity contribution in [1.29, 1.82) is 0 Å². The number of nitrogens with one attached hydrogen (secondary N) is 1. The topological polar surface area (TPSA) is 58.6 Å². The third kappa shape index (κ3) is 6.97. The lowest BCUT2D eigenvalue weighted by atomic mass is 10.0. The van der Waals surface area contributed by atoms with E-state index in [-0.39, 0.29) is 25.0 Å². The molecule has 1 N–H and O–H groups in total. The molecule has 0 aromatic heterocycles. The van der Waals surface area contributed by atoms with E-state index in [2.05, 4.69) is 35.1 Å². The second kappa shape index (κ2) is 12.1. The number of likely N-dealkylation sites (N-methyl/N-ethyl adjacent to an activating group) is 1. The minimum absolute atomic E-state index is 0.181. The van der Waals surface area contributed by atoms with Crippen LogP contribution in [0.15, 0.2) is 46.9 Å². The van der Waals surface area contributed by atoms with E-state index in [4.69, 9.17) is 16.3 Å². The molecule has 2 rings (SSSR count). The largest absolute Gasteiger partial charge is 0.483 e. The first-order valence-electron chi connectivity index (χ1n) is 10.5. The molecule has 0 saturated carbocycles. The van der Waals surface area contributed by atoms with E-state index in [0.29, 0.717) is 29.7 Å². The summed E-state index contributed by atoms with van der Waals surface area (Å²) >= 11 is 9.84. The maximum atomic E-state index is 13.2. The Kier molecular flexibility index (Phi) is 9.85. The fraction of sp³-hybridized carbons (Fsp3) is 0.417. The van der Waals surface area contributed by atoms with Crippen LogP contribution in [0.2, 0.25) is 5.02 Å². The summed E-state index contributed by atoms with van der Waals surface area (Å²) in [7, 11) is 0. The van der Waals surface area contributed by atoms with E-state index in [1.54, 1.807) is 11.0 Å². The molecule has 31 heavy (non-hydrogen) atoms. The molecule has 0 spiro atoms. The summed E-state index contributed by atoms with van der Waals surface area (Å²) in [6, 6.07) is 12.5. The summed E-state index contributed by atoms with van der Waals surface area (Å²) < 4.78 is 6.61. The first kappa shape index (κ1) is 25.2. The monoisotopic (exact) mass is 508 g/mol. The number of hydrogen-bond acceptors (Lipinski definition) is 3. The fourth-order valence-corrected chi connectivity index (χ4v) is 3.94. The van der Waals surface area contributed by atoms with Gasteiger partial charge in [0, 0.05) is 18.1 Å². The number of carbonyl (C=O) groups is 2. The van der Waals surface area contributed by atoms with E-state index in [1.807, 2.05) is 50.2 Å². The molecule has 0 fully saturated rings. The van der Waals surface area contributed by atoms with E-state index < -0.39 is 6.04 Å². The van der Waals surface area contributed by atoms with Crippen LogP contribution in [-0.2, 0) is 16.1 Å². The molecule has 0 heterocycles. The third-order valence-corrected chi connectivity index (χ3v) is 6.00. The minimum atomic E-state index is -0.612. The molecular weight excluding hydrogens is 480 g/mol. The molecule has 2 aromatic rings. The van der Waals surface area contributed by atoms with E-state index in [0.717, 1.165) is 10.0 Å².